The summed E-state index contributed by atoms with van der Waals surface area (Å²) in [5.41, 5.74) is 6.98. The summed E-state index contributed by atoms with van der Waals surface area (Å²) in [5, 5.41) is 2.81. The van der Waals surface area contributed by atoms with Gasteiger partial charge >= 0.3 is 0 Å². The molecule has 4 nitrogen and oxygen atoms in total. The highest BCUT2D eigenvalue weighted by molar-refractivity contribution is 5.95. The van der Waals surface area contributed by atoms with E-state index in [2.05, 4.69) is 5.32 Å². The number of para-hydroxylation sites is 2. The third-order valence-corrected chi connectivity index (χ3v) is 2.52. The summed E-state index contributed by atoms with van der Waals surface area (Å²) < 4.78 is 5.15. The van der Waals surface area contributed by atoms with E-state index < -0.39 is 0 Å². The first-order valence-corrected chi connectivity index (χ1v) is 5.00. The van der Waals surface area contributed by atoms with E-state index in [0.717, 1.165) is 6.42 Å². The molecule has 0 bridgehead atoms. The second-order valence-corrected chi connectivity index (χ2v) is 3.64. The van der Waals surface area contributed by atoms with Crippen molar-refractivity contribution < 1.29 is 9.53 Å². The Balaban J connectivity index is 2.02. The minimum Gasteiger partial charge on any atom is -0.397 e. The molecule has 1 aliphatic rings. The van der Waals surface area contributed by atoms with Crippen LogP contribution in [-0.4, -0.2) is 19.1 Å². The normalized spacial score (nSPS) is 20.1. The maximum Gasteiger partial charge on any atom is 0.229 e. The van der Waals surface area contributed by atoms with Crippen molar-refractivity contribution in [2.45, 2.75) is 6.42 Å². The van der Waals surface area contributed by atoms with Gasteiger partial charge in [0.05, 0.1) is 23.9 Å². The van der Waals surface area contributed by atoms with Gasteiger partial charge in [0, 0.05) is 6.61 Å². The molecule has 1 saturated heterocycles. The van der Waals surface area contributed by atoms with Gasteiger partial charge in [-0.05, 0) is 18.6 Å². The summed E-state index contributed by atoms with van der Waals surface area (Å²) in [5.74, 6) is -0.0463. The number of nitrogens with two attached hydrogens (primary N) is 1. The molecule has 0 aromatic heterocycles. The molecule has 1 aromatic carbocycles. The minimum atomic E-state index is -0.0374. The summed E-state index contributed by atoms with van der Waals surface area (Å²) >= 11 is 0. The first-order valence-electron chi connectivity index (χ1n) is 5.00. The lowest BCUT2D eigenvalue weighted by Gasteiger charge is -2.10. The van der Waals surface area contributed by atoms with Gasteiger partial charge in [-0.15, -0.1) is 0 Å². The molecule has 4 heteroatoms. The molecule has 1 unspecified atom stereocenters. The van der Waals surface area contributed by atoms with Crippen molar-refractivity contribution in [1.29, 1.82) is 0 Å². The van der Waals surface area contributed by atoms with E-state index in [1.54, 1.807) is 12.1 Å². The molecule has 0 radical (unpaired) electrons. The van der Waals surface area contributed by atoms with E-state index in [1.807, 2.05) is 12.1 Å². The quantitative estimate of drug-likeness (QED) is 0.715. The van der Waals surface area contributed by atoms with Crippen LogP contribution in [0.5, 0.6) is 0 Å². The van der Waals surface area contributed by atoms with Crippen LogP contribution in [0.3, 0.4) is 0 Å². The zero-order valence-corrected chi connectivity index (χ0v) is 8.40. The summed E-state index contributed by atoms with van der Waals surface area (Å²) in [6.45, 7) is 1.18. The first-order chi connectivity index (χ1) is 7.27. The van der Waals surface area contributed by atoms with Gasteiger partial charge < -0.3 is 15.8 Å². The Hall–Kier alpha value is -1.55. The Bertz CT molecular complexity index is 359. The van der Waals surface area contributed by atoms with Crippen LogP contribution in [0.2, 0.25) is 0 Å². The van der Waals surface area contributed by atoms with Crippen LogP contribution in [0, 0.1) is 5.92 Å². The van der Waals surface area contributed by atoms with E-state index in [4.69, 9.17) is 10.5 Å². The fourth-order valence-corrected chi connectivity index (χ4v) is 1.59. The monoisotopic (exact) mass is 206 g/mol. The number of nitrogen functional groups attached to an aromatic ring is 1. The van der Waals surface area contributed by atoms with Crippen LogP contribution in [0.1, 0.15) is 6.42 Å². The molecule has 0 aliphatic carbocycles. The van der Waals surface area contributed by atoms with Gasteiger partial charge in [-0.25, -0.2) is 0 Å². The molecule has 0 saturated carbocycles. The fraction of sp³-hybridized carbons (Fsp3) is 0.364. The SMILES string of the molecule is Nc1ccccc1NC(=O)C1CCOC1. The van der Waals surface area contributed by atoms with Gasteiger partial charge in [-0.3, -0.25) is 4.79 Å². The molecule has 2 rings (SSSR count). The van der Waals surface area contributed by atoms with Crippen LogP contribution < -0.4 is 11.1 Å². The number of carbonyl (C=O) groups excluding carboxylic acids is 1. The summed E-state index contributed by atoms with van der Waals surface area (Å²) in [7, 11) is 0. The minimum absolute atomic E-state index is 0.00889. The highest BCUT2D eigenvalue weighted by Gasteiger charge is 2.23. The lowest BCUT2D eigenvalue weighted by atomic mass is 10.1. The largest absolute Gasteiger partial charge is 0.397 e. The number of rotatable bonds is 2. The molecule has 1 aromatic rings. The number of benzene rings is 1. The summed E-state index contributed by atoms with van der Waals surface area (Å²) in [4.78, 5) is 11.7. The van der Waals surface area contributed by atoms with Gasteiger partial charge in [0.1, 0.15) is 0 Å². The fourth-order valence-electron chi connectivity index (χ4n) is 1.59. The van der Waals surface area contributed by atoms with Gasteiger partial charge in [-0.1, -0.05) is 12.1 Å². The van der Waals surface area contributed by atoms with Crippen molar-refractivity contribution >= 4 is 17.3 Å². The molecule has 1 amide bonds. The van der Waals surface area contributed by atoms with Crippen LogP contribution in [0.15, 0.2) is 24.3 Å². The van der Waals surface area contributed by atoms with E-state index in [9.17, 15) is 4.79 Å². The number of hydrogen-bond acceptors (Lipinski definition) is 3. The predicted molar refractivity (Wildman–Crippen MR) is 58.4 cm³/mol. The molecule has 1 heterocycles. The second-order valence-electron chi connectivity index (χ2n) is 3.64. The highest BCUT2D eigenvalue weighted by atomic mass is 16.5. The van der Waals surface area contributed by atoms with Crippen molar-refractivity contribution in [2.75, 3.05) is 24.3 Å². The van der Waals surface area contributed by atoms with Gasteiger partial charge in [-0.2, -0.15) is 0 Å². The average Bonchev–Trinajstić information content (AvgIpc) is 2.74. The smallest absolute Gasteiger partial charge is 0.229 e. The first kappa shape index (κ1) is 9.98. The Morgan fingerprint density at radius 2 is 2.27 bits per heavy atom. The third-order valence-electron chi connectivity index (χ3n) is 2.52. The number of anilines is 2. The Labute approximate surface area is 88.4 Å². The number of nitrogens with one attached hydrogen (secondary N) is 1. The predicted octanol–water partition coefficient (Wildman–Crippen LogP) is 1.24. The van der Waals surface area contributed by atoms with Crippen LogP contribution in [0.25, 0.3) is 0 Å². The number of ether oxygens (including phenoxy) is 1. The zero-order valence-electron chi connectivity index (χ0n) is 8.40. The Kier molecular flexibility index (Phi) is 2.87. The number of hydrogen-bond donors (Lipinski definition) is 2. The van der Waals surface area contributed by atoms with Crippen molar-refractivity contribution in [3.63, 3.8) is 0 Å². The van der Waals surface area contributed by atoms with Gasteiger partial charge in [0.15, 0.2) is 0 Å². The van der Waals surface area contributed by atoms with Gasteiger partial charge in [0.25, 0.3) is 0 Å². The van der Waals surface area contributed by atoms with Gasteiger partial charge in [0.2, 0.25) is 5.91 Å². The van der Waals surface area contributed by atoms with Crippen molar-refractivity contribution in [2.24, 2.45) is 5.92 Å². The molecule has 1 aliphatic heterocycles. The molecule has 80 valence electrons. The number of carbonyl (C=O) groups is 1. The van der Waals surface area contributed by atoms with Crippen LogP contribution in [0.4, 0.5) is 11.4 Å². The maximum atomic E-state index is 11.7. The van der Waals surface area contributed by atoms with E-state index in [-0.39, 0.29) is 11.8 Å². The molecular formula is C11H14N2O2. The lowest BCUT2D eigenvalue weighted by Crippen LogP contribution is -2.23. The topological polar surface area (TPSA) is 64.3 Å². The van der Waals surface area contributed by atoms with E-state index in [0.29, 0.717) is 24.6 Å². The van der Waals surface area contributed by atoms with Crippen molar-refractivity contribution in [3.05, 3.63) is 24.3 Å². The highest BCUT2D eigenvalue weighted by Crippen LogP contribution is 2.20. The van der Waals surface area contributed by atoms with E-state index >= 15 is 0 Å². The molecule has 1 atom stereocenters. The molecule has 15 heavy (non-hydrogen) atoms. The Morgan fingerprint density at radius 1 is 1.47 bits per heavy atom. The molecule has 0 spiro atoms. The summed E-state index contributed by atoms with van der Waals surface area (Å²) in [6, 6.07) is 7.24. The number of amides is 1. The van der Waals surface area contributed by atoms with Crippen molar-refractivity contribution in [1.82, 2.24) is 0 Å². The summed E-state index contributed by atoms with van der Waals surface area (Å²) in [6.07, 6.45) is 0.790. The third kappa shape index (κ3) is 2.27. The second kappa shape index (κ2) is 4.31. The zero-order chi connectivity index (χ0) is 10.7. The Morgan fingerprint density at radius 3 is 2.93 bits per heavy atom. The standard InChI is InChI=1S/C11H14N2O2/c12-9-3-1-2-4-10(9)13-11(14)8-5-6-15-7-8/h1-4,8H,5-7,12H2,(H,13,14). The molecule has 3 N–H and O–H groups in total. The van der Waals surface area contributed by atoms with Crippen LogP contribution >= 0.6 is 0 Å². The lowest BCUT2D eigenvalue weighted by molar-refractivity contribution is -0.119. The average molecular weight is 206 g/mol. The molecular weight excluding hydrogens is 192 g/mol. The van der Waals surface area contributed by atoms with E-state index in [1.165, 1.54) is 0 Å². The van der Waals surface area contributed by atoms with Crippen molar-refractivity contribution in [3.8, 4) is 0 Å². The molecule has 1 fully saturated rings. The van der Waals surface area contributed by atoms with Crippen LogP contribution in [-0.2, 0) is 9.53 Å². The maximum absolute atomic E-state index is 11.7.